The Balaban J connectivity index is 1.58. The minimum atomic E-state index is -4.43. The zero-order valence-corrected chi connectivity index (χ0v) is 19.5. The summed E-state index contributed by atoms with van der Waals surface area (Å²) in [4.78, 5) is 34.8. The number of rotatable bonds is 5. The number of carbonyl (C=O) groups is 2. The Morgan fingerprint density at radius 1 is 1.09 bits per heavy atom. The predicted octanol–water partition coefficient (Wildman–Crippen LogP) is 4.15. The molecule has 0 fully saturated rings. The van der Waals surface area contributed by atoms with E-state index in [4.69, 9.17) is 0 Å². The van der Waals surface area contributed by atoms with Crippen molar-refractivity contribution in [2.24, 2.45) is 7.05 Å². The van der Waals surface area contributed by atoms with Crippen molar-refractivity contribution in [3.63, 3.8) is 0 Å². The molecule has 0 unspecified atom stereocenters. The molecule has 2 amide bonds. The van der Waals surface area contributed by atoms with Crippen LogP contribution < -0.4 is 10.6 Å². The van der Waals surface area contributed by atoms with E-state index in [0.717, 1.165) is 29.0 Å². The number of nitrogens with zero attached hydrogens (tertiary/aromatic N) is 4. The Bertz CT molecular complexity index is 1410. The average Bonchev–Trinajstić information content (AvgIpc) is 3.31. The smallest absolute Gasteiger partial charge is 0.347 e. The molecule has 2 N–H and O–H groups in total. The molecule has 0 spiro atoms. The molecule has 34 heavy (non-hydrogen) atoms. The van der Waals surface area contributed by atoms with Gasteiger partial charge in [0.2, 0.25) is 11.9 Å². The number of hydrogen-bond acceptors (Lipinski definition) is 6. The largest absolute Gasteiger partial charge is 0.416 e. The molecule has 2 aromatic carbocycles. The zero-order chi connectivity index (χ0) is 24.8. The number of halogens is 3. The van der Waals surface area contributed by atoms with E-state index < -0.39 is 23.7 Å². The first-order chi connectivity index (χ1) is 15.9. The molecule has 0 aliphatic carbocycles. The Hall–Kier alpha value is -3.67. The molecule has 8 nitrogen and oxygen atoms in total. The Labute approximate surface area is 196 Å². The highest BCUT2D eigenvalue weighted by Gasteiger charge is 2.30. The lowest BCUT2D eigenvalue weighted by Crippen LogP contribution is -2.44. The quantitative estimate of drug-likeness (QED) is 0.439. The summed E-state index contributed by atoms with van der Waals surface area (Å²) in [6, 6.07) is 7.69. The number of likely N-dealkylation sites (N-methyl/N-ethyl adjacent to an activating group) is 1. The molecule has 2 heterocycles. The standard InChI is InChI=1S/C22H21F3N6O2S/c1-11(19(33)30(2)3)26-18(32)12-5-8-16-15(9-12)27-20(31(16)4)29-21-28-14-7-6-13(22(23,24)25)10-17(14)34-21/h5-11H,1-4H3,(H,26,32)(H,27,28,29)/t11-/m1/s1. The van der Waals surface area contributed by atoms with Crippen LogP contribution in [0.3, 0.4) is 0 Å². The minimum absolute atomic E-state index is 0.225. The van der Waals surface area contributed by atoms with E-state index in [-0.39, 0.29) is 5.91 Å². The van der Waals surface area contributed by atoms with Gasteiger partial charge in [-0.2, -0.15) is 13.2 Å². The molecule has 0 saturated heterocycles. The second kappa shape index (κ2) is 8.60. The number of nitrogens with one attached hydrogen (secondary N) is 2. The lowest BCUT2D eigenvalue weighted by Gasteiger charge is -2.17. The second-order valence-electron chi connectivity index (χ2n) is 7.95. The van der Waals surface area contributed by atoms with Crippen molar-refractivity contribution in [3.05, 3.63) is 47.5 Å². The summed E-state index contributed by atoms with van der Waals surface area (Å²) in [6.07, 6.45) is -4.43. The van der Waals surface area contributed by atoms with E-state index in [1.165, 1.54) is 11.0 Å². The van der Waals surface area contributed by atoms with Gasteiger partial charge < -0.3 is 20.1 Å². The van der Waals surface area contributed by atoms with Crippen LogP contribution in [0, 0.1) is 0 Å². The number of carbonyl (C=O) groups excluding carboxylic acids is 2. The van der Waals surface area contributed by atoms with Crippen LogP contribution in [0.15, 0.2) is 36.4 Å². The molecule has 4 rings (SSSR count). The summed E-state index contributed by atoms with van der Waals surface area (Å²) in [7, 11) is 4.99. The van der Waals surface area contributed by atoms with Crippen LogP contribution in [0.2, 0.25) is 0 Å². The number of aromatic nitrogens is 3. The third-order valence-corrected chi connectivity index (χ3v) is 6.17. The van der Waals surface area contributed by atoms with Gasteiger partial charge in [0.15, 0.2) is 5.13 Å². The molecule has 4 aromatic rings. The van der Waals surface area contributed by atoms with Crippen LogP contribution in [0.25, 0.3) is 21.3 Å². The molecule has 178 valence electrons. The van der Waals surface area contributed by atoms with Crippen LogP contribution in [0.4, 0.5) is 24.3 Å². The molecule has 2 aromatic heterocycles. The summed E-state index contributed by atoms with van der Waals surface area (Å²) >= 11 is 1.09. The number of hydrogen-bond donors (Lipinski definition) is 2. The van der Waals surface area contributed by atoms with E-state index >= 15 is 0 Å². The predicted molar refractivity (Wildman–Crippen MR) is 124 cm³/mol. The second-order valence-corrected chi connectivity index (χ2v) is 8.98. The van der Waals surface area contributed by atoms with Gasteiger partial charge in [-0.1, -0.05) is 11.3 Å². The van der Waals surface area contributed by atoms with Crippen LogP contribution in [-0.4, -0.2) is 51.4 Å². The van der Waals surface area contributed by atoms with Crippen molar-refractivity contribution in [3.8, 4) is 0 Å². The van der Waals surface area contributed by atoms with Crippen molar-refractivity contribution >= 4 is 55.5 Å². The van der Waals surface area contributed by atoms with Gasteiger partial charge in [-0.15, -0.1) is 0 Å². The van der Waals surface area contributed by atoms with E-state index in [0.29, 0.717) is 32.4 Å². The van der Waals surface area contributed by atoms with Gasteiger partial charge in [-0.3, -0.25) is 9.59 Å². The highest BCUT2D eigenvalue weighted by molar-refractivity contribution is 7.22. The maximum Gasteiger partial charge on any atom is 0.416 e. The molecule has 0 bridgehead atoms. The zero-order valence-electron chi connectivity index (χ0n) is 18.7. The highest BCUT2D eigenvalue weighted by Crippen LogP contribution is 2.35. The Morgan fingerprint density at radius 2 is 1.82 bits per heavy atom. The molecule has 0 saturated carbocycles. The SMILES string of the molecule is C[C@@H](NC(=O)c1ccc2c(c1)nc(Nc1nc3ccc(C(F)(F)F)cc3s1)n2C)C(=O)N(C)C. The summed E-state index contributed by atoms with van der Waals surface area (Å²) in [5, 5.41) is 6.10. The third kappa shape index (κ3) is 4.53. The van der Waals surface area contributed by atoms with Gasteiger partial charge in [0.05, 0.1) is 26.8 Å². The summed E-state index contributed by atoms with van der Waals surface area (Å²) in [6.45, 7) is 1.61. The molecule has 1 atom stereocenters. The van der Waals surface area contributed by atoms with Gasteiger partial charge in [-0.25, -0.2) is 9.97 Å². The van der Waals surface area contributed by atoms with Gasteiger partial charge in [0, 0.05) is 26.7 Å². The van der Waals surface area contributed by atoms with Crippen molar-refractivity contribution in [1.82, 2.24) is 24.8 Å². The highest BCUT2D eigenvalue weighted by atomic mass is 32.1. The van der Waals surface area contributed by atoms with E-state index in [1.807, 2.05) is 0 Å². The summed E-state index contributed by atoms with van der Waals surface area (Å²) in [5.41, 5.74) is 1.32. The molecular formula is C22H21F3N6O2S. The lowest BCUT2D eigenvalue weighted by atomic mass is 10.1. The van der Waals surface area contributed by atoms with Gasteiger partial charge >= 0.3 is 6.18 Å². The van der Waals surface area contributed by atoms with Gasteiger partial charge in [0.1, 0.15) is 6.04 Å². The molecule has 12 heteroatoms. The topological polar surface area (TPSA) is 92.1 Å². The summed E-state index contributed by atoms with van der Waals surface area (Å²) in [5.74, 6) is -0.216. The minimum Gasteiger partial charge on any atom is -0.347 e. The van der Waals surface area contributed by atoms with Crippen LogP contribution in [-0.2, 0) is 18.0 Å². The number of thiazole rings is 1. The fraction of sp³-hybridized carbons (Fsp3) is 0.273. The number of alkyl halides is 3. The fourth-order valence-corrected chi connectivity index (χ4v) is 4.33. The van der Waals surface area contributed by atoms with E-state index in [2.05, 4.69) is 20.6 Å². The first kappa shape index (κ1) is 23.5. The number of imidazole rings is 1. The number of amides is 2. The van der Waals surface area contributed by atoms with Crippen LogP contribution in [0.1, 0.15) is 22.8 Å². The number of anilines is 2. The monoisotopic (exact) mass is 490 g/mol. The maximum atomic E-state index is 13.0. The van der Waals surface area contributed by atoms with Crippen molar-refractivity contribution < 1.29 is 22.8 Å². The van der Waals surface area contributed by atoms with Crippen molar-refractivity contribution in [2.45, 2.75) is 19.1 Å². The van der Waals surface area contributed by atoms with Crippen molar-refractivity contribution in [1.29, 1.82) is 0 Å². The van der Waals surface area contributed by atoms with Gasteiger partial charge in [-0.05, 0) is 43.3 Å². The first-order valence-electron chi connectivity index (χ1n) is 10.2. The van der Waals surface area contributed by atoms with Gasteiger partial charge in [0.25, 0.3) is 5.91 Å². The van der Waals surface area contributed by atoms with E-state index in [9.17, 15) is 22.8 Å². The Kier molecular flexibility index (Phi) is 5.94. The first-order valence-corrected chi connectivity index (χ1v) is 11.0. The number of aryl methyl sites for hydroxylation is 1. The normalized spacial score (nSPS) is 12.7. The number of fused-ring (bicyclic) bond motifs is 2. The molecule has 0 aliphatic heterocycles. The van der Waals surface area contributed by atoms with E-state index in [1.54, 1.807) is 50.8 Å². The molecule has 0 aliphatic rings. The number of benzene rings is 2. The third-order valence-electron chi connectivity index (χ3n) is 5.24. The maximum absolute atomic E-state index is 13.0. The van der Waals surface area contributed by atoms with Crippen molar-refractivity contribution in [2.75, 3.05) is 19.4 Å². The average molecular weight is 491 g/mol. The molecule has 0 radical (unpaired) electrons. The fourth-order valence-electron chi connectivity index (χ4n) is 3.43. The van der Waals surface area contributed by atoms with Crippen LogP contribution in [0.5, 0.6) is 0 Å². The lowest BCUT2D eigenvalue weighted by molar-refractivity contribution is -0.137. The van der Waals surface area contributed by atoms with Crippen LogP contribution >= 0.6 is 11.3 Å². The summed E-state index contributed by atoms with van der Waals surface area (Å²) < 4.78 is 41.1. The molecular weight excluding hydrogens is 469 g/mol. The Morgan fingerprint density at radius 3 is 2.50 bits per heavy atom.